The number of nitrogen functional groups attached to an aromatic ring is 1. The molecule has 4 heterocycles. The van der Waals surface area contributed by atoms with Crippen molar-refractivity contribution in [3.8, 4) is 0 Å². The minimum Gasteiger partial charge on any atom is -0.384 e. The van der Waals surface area contributed by atoms with Crippen LogP contribution < -0.4 is 5.73 Å². The maximum atomic E-state index is 5.98. The molecule has 3 fully saturated rings. The Morgan fingerprint density at radius 2 is 1.84 bits per heavy atom. The number of anilines is 1. The molecule has 3 aliphatic heterocycles. The van der Waals surface area contributed by atoms with Crippen LogP contribution in [0.3, 0.4) is 0 Å². The van der Waals surface area contributed by atoms with Gasteiger partial charge in [0.1, 0.15) is 11.6 Å². The maximum Gasteiger partial charge on any atom is 0.149 e. The second-order valence-corrected chi connectivity index (χ2v) is 6.64. The van der Waals surface area contributed by atoms with Crippen LogP contribution in [0.4, 0.5) is 5.82 Å². The van der Waals surface area contributed by atoms with Crippen LogP contribution in [0.25, 0.3) is 0 Å². The van der Waals surface area contributed by atoms with Crippen molar-refractivity contribution in [1.82, 2.24) is 19.8 Å². The Bertz CT molecular complexity index is 471. The molecule has 1 atom stereocenters. The number of piperazine rings is 3. The van der Waals surface area contributed by atoms with Crippen molar-refractivity contribution in [2.75, 3.05) is 38.5 Å². The zero-order chi connectivity index (χ0) is 13.6. The van der Waals surface area contributed by atoms with E-state index in [9.17, 15) is 0 Å². The second kappa shape index (κ2) is 4.42. The van der Waals surface area contributed by atoms with Crippen molar-refractivity contribution in [3.63, 3.8) is 0 Å². The molecular weight excluding hydrogens is 238 g/mol. The van der Waals surface area contributed by atoms with E-state index < -0.39 is 0 Å². The molecule has 5 nitrogen and oxygen atoms in total. The van der Waals surface area contributed by atoms with Gasteiger partial charge in [-0.25, -0.2) is 9.97 Å². The van der Waals surface area contributed by atoms with E-state index in [-0.39, 0.29) is 5.41 Å². The lowest BCUT2D eigenvalue weighted by Gasteiger charge is -2.46. The van der Waals surface area contributed by atoms with Crippen LogP contribution in [-0.2, 0) is 5.41 Å². The van der Waals surface area contributed by atoms with Crippen molar-refractivity contribution < 1.29 is 0 Å². The summed E-state index contributed by atoms with van der Waals surface area (Å²) in [4.78, 5) is 14.3. The molecular formula is C14H23N5. The van der Waals surface area contributed by atoms with E-state index in [0.29, 0.717) is 11.9 Å². The van der Waals surface area contributed by atoms with Crippen LogP contribution in [0.5, 0.6) is 0 Å². The van der Waals surface area contributed by atoms with E-state index in [2.05, 4.69) is 35.6 Å². The van der Waals surface area contributed by atoms with E-state index >= 15 is 0 Å². The fourth-order valence-electron chi connectivity index (χ4n) is 2.88. The molecule has 0 spiro atoms. The molecule has 0 saturated carbocycles. The molecule has 104 valence electrons. The summed E-state index contributed by atoms with van der Waals surface area (Å²) in [7, 11) is 0. The van der Waals surface area contributed by atoms with Crippen molar-refractivity contribution in [3.05, 3.63) is 17.6 Å². The average Bonchev–Trinajstić information content (AvgIpc) is 2.38. The molecule has 0 aliphatic carbocycles. The van der Waals surface area contributed by atoms with Gasteiger partial charge >= 0.3 is 0 Å². The summed E-state index contributed by atoms with van der Waals surface area (Å²) in [5.41, 5.74) is 7.02. The monoisotopic (exact) mass is 261 g/mol. The number of aromatic nitrogens is 2. The van der Waals surface area contributed by atoms with E-state index in [4.69, 9.17) is 10.7 Å². The largest absolute Gasteiger partial charge is 0.384 e. The fourth-order valence-corrected chi connectivity index (χ4v) is 2.88. The number of fused-ring (bicyclic) bond motifs is 3. The Balaban J connectivity index is 1.94. The lowest BCUT2D eigenvalue weighted by Crippen LogP contribution is -2.57. The molecule has 1 aromatic rings. The molecule has 3 saturated heterocycles. The highest BCUT2D eigenvalue weighted by Gasteiger charge is 2.35. The Morgan fingerprint density at radius 3 is 2.37 bits per heavy atom. The first-order valence-electron chi connectivity index (χ1n) is 7.05. The molecule has 0 amide bonds. The highest BCUT2D eigenvalue weighted by atomic mass is 15.4. The highest BCUT2D eigenvalue weighted by Crippen LogP contribution is 2.29. The van der Waals surface area contributed by atoms with Crippen molar-refractivity contribution in [2.45, 2.75) is 32.2 Å². The maximum absolute atomic E-state index is 5.98. The lowest BCUT2D eigenvalue weighted by atomic mass is 9.91. The number of nitrogens with two attached hydrogens (primary N) is 1. The summed E-state index contributed by atoms with van der Waals surface area (Å²) in [6.07, 6.45) is 0. The Hall–Kier alpha value is -1.20. The van der Waals surface area contributed by atoms with E-state index in [1.807, 2.05) is 6.07 Å². The number of hydrogen-bond donors (Lipinski definition) is 1. The van der Waals surface area contributed by atoms with Crippen LogP contribution >= 0.6 is 0 Å². The second-order valence-electron chi connectivity index (χ2n) is 6.64. The summed E-state index contributed by atoms with van der Waals surface area (Å²) in [5, 5.41) is 0. The van der Waals surface area contributed by atoms with E-state index in [1.54, 1.807) is 0 Å². The Morgan fingerprint density at radius 1 is 1.16 bits per heavy atom. The van der Waals surface area contributed by atoms with Crippen LogP contribution in [0, 0.1) is 0 Å². The van der Waals surface area contributed by atoms with Gasteiger partial charge in [0, 0.05) is 44.2 Å². The minimum absolute atomic E-state index is 0.00904. The standard InChI is InChI=1S/C14H23N5/c1-14(2,3)11-8-12(15)17-13(16-11)10-9-18-4-6-19(10)7-5-18/h8,10H,4-7,9H2,1-3H3,(H2,15,16,17). The van der Waals surface area contributed by atoms with Gasteiger partial charge in [0.15, 0.2) is 0 Å². The van der Waals surface area contributed by atoms with Crippen LogP contribution in [0.1, 0.15) is 38.3 Å². The van der Waals surface area contributed by atoms with Gasteiger partial charge in [0.2, 0.25) is 0 Å². The molecule has 3 aliphatic rings. The highest BCUT2D eigenvalue weighted by molar-refractivity contribution is 5.33. The van der Waals surface area contributed by atoms with Crippen LogP contribution in [0.2, 0.25) is 0 Å². The Kier molecular flexibility index (Phi) is 2.98. The lowest BCUT2D eigenvalue weighted by molar-refractivity contribution is 0.00856. The van der Waals surface area contributed by atoms with Gasteiger partial charge in [0.05, 0.1) is 11.7 Å². The SMILES string of the molecule is CC(C)(C)c1cc(N)nc(C2CN3CCN2CC3)n1. The molecule has 1 aromatic heterocycles. The smallest absolute Gasteiger partial charge is 0.149 e. The van der Waals surface area contributed by atoms with E-state index in [0.717, 1.165) is 31.2 Å². The van der Waals surface area contributed by atoms with Crippen molar-refractivity contribution >= 4 is 5.82 Å². The summed E-state index contributed by atoms with van der Waals surface area (Å²) < 4.78 is 0. The van der Waals surface area contributed by atoms with Crippen molar-refractivity contribution in [1.29, 1.82) is 0 Å². The Labute approximate surface area is 114 Å². The molecule has 0 aromatic carbocycles. The zero-order valence-electron chi connectivity index (χ0n) is 12.1. The third kappa shape index (κ3) is 2.44. The zero-order valence-corrected chi connectivity index (χ0v) is 12.1. The predicted octanol–water partition coefficient (Wildman–Crippen LogP) is 1.03. The summed E-state index contributed by atoms with van der Waals surface area (Å²) in [6.45, 7) is 12.1. The summed E-state index contributed by atoms with van der Waals surface area (Å²) >= 11 is 0. The van der Waals surface area contributed by atoms with Gasteiger partial charge in [-0.1, -0.05) is 20.8 Å². The number of rotatable bonds is 1. The van der Waals surface area contributed by atoms with E-state index in [1.165, 1.54) is 13.1 Å². The van der Waals surface area contributed by atoms with Gasteiger partial charge in [-0.3, -0.25) is 9.80 Å². The molecule has 19 heavy (non-hydrogen) atoms. The van der Waals surface area contributed by atoms with Gasteiger partial charge in [-0.2, -0.15) is 0 Å². The van der Waals surface area contributed by atoms with Crippen LogP contribution in [0.15, 0.2) is 6.07 Å². The summed E-state index contributed by atoms with van der Waals surface area (Å²) in [5.74, 6) is 1.49. The predicted molar refractivity (Wildman–Crippen MR) is 75.9 cm³/mol. The van der Waals surface area contributed by atoms with Gasteiger partial charge < -0.3 is 5.73 Å². The molecule has 0 radical (unpaired) electrons. The van der Waals surface area contributed by atoms with Crippen LogP contribution in [-0.4, -0.2) is 52.5 Å². The van der Waals surface area contributed by atoms with Gasteiger partial charge in [-0.15, -0.1) is 0 Å². The topological polar surface area (TPSA) is 58.3 Å². The normalized spacial score (nSPS) is 30.6. The first kappa shape index (κ1) is 12.8. The average molecular weight is 261 g/mol. The first-order chi connectivity index (χ1) is 8.93. The first-order valence-corrected chi connectivity index (χ1v) is 7.05. The number of hydrogen-bond acceptors (Lipinski definition) is 5. The molecule has 5 heteroatoms. The van der Waals surface area contributed by atoms with Gasteiger partial charge in [0.25, 0.3) is 0 Å². The molecule has 1 unspecified atom stereocenters. The van der Waals surface area contributed by atoms with Gasteiger partial charge in [-0.05, 0) is 0 Å². The third-order valence-corrected chi connectivity index (χ3v) is 4.11. The molecule has 4 rings (SSSR count). The minimum atomic E-state index is 0.00904. The quantitative estimate of drug-likeness (QED) is 0.818. The summed E-state index contributed by atoms with van der Waals surface area (Å²) in [6, 6.07) is 2.22. The van der Waals surface area contributed by atoms with Crippen molar-refractivity contribution in [2.24, 2.45) is 0 Å². The third-order valence-electron chi connectivity index (χ3n) is 4.11. The molecule has 2 N–H and O–H groups in total. The fraction of sp³-hybridized carbons (Fsp3) is 0.714. The molecule has 2 bridgehead atoms. The number of nitrogens with zero attached hydrogens (tertiary/aromatic N) is 4.